The number of fused-ring (bicyclic) bond motifs is 6. The molecule has 0 amide bonds. The molecular weight excluding hydrogens is 570 g/mol. The molecule has 1 aromatic rings. The van der Waals surface area contributed by atoms with Gasteiger partial charge in [0.1, 0.15) is 5.75 Å². The Morgan fingerprint density at radius 2 is 1.83 bits per heavy atom. The summed E-state index contributed by atoms with van der Waals surface area (Å²) in [5.74, 6) is 5.80. The molecule has 5 saturated carbocycles. The summed E-state index contributed by atoms with van der Waals surface area (Å²) < 4.78 is 0. The van der Waals surface area contributed by atoms with E-state index in [4.69, 9.17) is 0 Å². The van der Waals surface area contributed by atoms with Gasteiger partial charge >= 0.3 is 0 Å². The van der Waals surface area contributed by atoms with Gasteiger partial charge in [-0.3, -0.25) is 4.90 Å². The molecule has 2 aliphatic heterocycles. The van der Waals surface area contributed by atoms with Crippen LogP contribution >= 0.6 is 0 Å². The van der Waals surface area contributed by atoms with Gasteiger partial charge in [0, 0.05) is 19.1 Å². The summed E-state index contributed by atoms with van der Waals surface area (Å²) in [6.45, 7) is 6.88. The average Bonchev–Trinajstić information content (AvgIpc) is 3.58. The van der Waals surface area contributed by atoms with Crippen molar-refractivity contribution in [2.45, 2.75) is 121 Å². The van der Waals surface area contributed by atoms with Gasteiger partial charge < -0.3 is 20.4 Å². The molecule has 9 rings (SSSR count). The van der Waals surface area contributed by atoms with Gasteiger partial charge in [-0.2, -0.15) is 0 Å². The number of hydrogen-bond acceptors (Lipinski definition) is 5. The zero-order chi connectivity index (χ0) is 31.6. The molecule has 5 nitrogen and oxygen atoms in total. The molecule has 2 saturated heterocycles. The number of nitrogens with zero attached hydrogens (tertiary/aromatic N) is 1. The van der Waals surface area contributed by atoms with Crippen molar-refractivity contribution in [1.82, 2.24) is 4.90 Å². The van der Waals surface area contributed by atoms with Crippen molar-refractivity contribution >= 4 is 0 Å². The molecule has 0 bridgehead atoms. The fourth-order valence-corrected chi connectivity index (χ4v) is 15.1. The molecule has 0 radical (unpaired) electrons. The summed E-state index contributed by atoms with van der Waals surface area (Å²) in [5, 5.41) is 46.2. The number of aliphatic hydroxyl groups is 3. The van der Waals surface area contributed by atoms with Crippen molar-refractivity contribution in [3.8, 4) is 5.75 Å². The Kier molecular flexibility index (Phi) is 7.19. The quantitative estimate of drug-likeness (QED) is 0.284. The van der Waals surface area contributed by atoms with Crippen LogP contribution in [0.5, 0.6) is 5.75 Å². The topological polar surface area (TPSA) is 84.2 Å². The molecule has 2 heterocycles. The first kappa shape index (κ1) is 30.6. The zero-order valence-electron chi connectivity index (χ0n) is 28.3. The second-order valence-corrected chi connectivity index (χ2v) is 18.6. The fraction of sp³-hybridized carbons (Fsp3) is 0.805. The van der Waals surface area contributed by atoms with Gasteiger partial charge in [0.25, 0.3) is 0 Å². The highest BCUT2D eigenvalue weighted by atomic mass is 16.3. The van der Waals surface area contributed by atoms with Crippen LogP contribution in [0.1, 0.15) is 96.5 Å². The summed E-state index contributed by atoms with van der Waals surface area (Å²) in [4.78, 5) is 2.71. The van der Waals surface area contributed by atoms with Crippen molar-refractivity contribution in [3.63, 3.8) is 0 Å². The van der Waals surface area contributed by atoms with E-state index < -0.39 is 5.60 Å². The second-order valence-electron chi connectivity index (χ2n) is 18.6. The first-order chi connectivity index (χ1) is 22.1. The first-order valence-corrected chi connectivity index (χ1v) is 19.4. The summed E-state index contributed by atoms with van der Waals surface area (Å²) in [6.07, 6.45) is 18.7. The first-order valence-electron chi connectivity index (χ1n) is 19.4. The van der Waals surface area contributed by atoms with Gasteiger partial charge in [0.2, 0.25) is 0 Å². The number of piperidine rings is 2. The molecule has 6 aliphatic carbocycles. The van der Waals surface area contributed by atoms with Crippen LogP contribution in [0, 0.1) is 70.0 Å². The molecule has 16 atom stereocenters. The lowest BCUT2D eigenvalue weighted by molar-refractivity contribution is -0.189. The third kappa shape index (κ3) is 4.39. The normalized spacial score (nSPS) is 54.1. The van der Waals surface area contributed by atoms with Gasteiger partial charge in [-0.05, 0) is 178 Å². The van der Waals surface area contributed by atoms with Gasteiger partial charge in [-0.1, -0.05) is 31.2 Å². The number of allylic oxidation sites excluding steroid dienone is 2. The predicted octanol–water partition coefficient (Wildman–Crippen LogP) is 6.58. The Bertz CT molecular complexity index is 1360. The largest absolute Gasteiger partial charge is 0.508 e. The number of aromatic hydroxyl groups is 1. The van der Waals surface area contributed by atoms with Gasteiger partial charge in [0.15, 0.2) is 0 Å². The van der Waals surface area contributed by atoms with Crippen LogP contribution in [-0.2, 0) is 6.42 Å². The van der Waals surface area contributed by atoms with E-state index in [0.717, 1.165) is 77.3 Å². The maximum absolute atomic E-state index is 12.3. The Morgan fingerprint density at radius 3 is 2.67 bits per heavy atom. The van der Waals surface area contributed by atoms with E-state index in [0.29, 0.717) is 65.1 Å². The highest BCUT2D eigenvalue weighted by molar-refractivity contribution is 5.28. The lowest BCUT2D eigenvalue weighted by Crippen LogP contribution is -2.67. The number of phenols is 1. The molecular formula is C41H59NO4. The summed E-state index contributed by atoms with van der Waals surface area (Å²) in [7, 11) is 0. The molecule has 7 fully saturated rings. The molecule has 4 N–H and O–H groups in total. The van der Waals surface area contributed by atoms with E-state index in [1.807, 2.05) is 12.1 Å². The smallest absolute Gasteiger partial charge is 0.115 e. The van der Waals surface area contributed by atoms with Crippen LogP contribution in [0.2, 0.25) is 0 Å². The van der Waals surface area contributed by atoms with Crippen LogP contribution < -0.4 is 0 Å². The van der Waals surface area contributed by atoms with Gasteiger partial charge in [-0.25, -0.2) is 0 Å². The van der Waals surface area contributed by atoms with E-state index in [1.54, 1.807) is 6.07 Å². The Morgan fingerprint density at radius 1 is 0.957 bits per heavy atom. The minimum absolute atomic E-state index is 0.0285. The molecule has 5 heteroatoms. The summed E-state index contributed by atoms with van der Waals surface area (Å²) >= 11 is 0. The van der Waals surface area contributed by atoms with Crippen molar-refractivity contribution in [1.29, 1.82) is 0 Å². The minimum atomic E-state index is -0.615. The Balaban J connectivity index is 1.01. The van der Waals surface area contributed by atoms with Crippen LogP contribution in [0.3, 0.4) is 0 Å². The summed E-state index contributed by atoms with van der Waals surface area (Å²) in [5.41, 5.74) is 0.657. The van der Waals surface area contributed by atoms with Crippen LogP contribution in [0.25, 0.3) is 0 Å². The molecule has 46 heavy (non-hydrogen) atoms. The zero-order valence-corrected chi connectivity index (χ0v) is 28.3. The number of phenolic OH excluding ortho intramolecular Hbond substituents is 1. The predicted molar refractivity (Wildman–Crippen MR) is 180 cm³/mol. The maximum atomic E-state index is 12.3. The maximum Gasteiger partial charge on any atom is 0.115 e. The van der Waals surface area contributed by atoms with Crippen LogP contribution in [0.15, 0.2) is 36.4 Å². The number of aliphatic hydroxyl groups excluding tert-OH is 2. The van der Waals surface area contributed by atoms with E-state index in [-0.39, 0.29) is 29.0 Å². The molecule has 252 valence electrons. The molecule has 8 aliphatic rings. The molecule has 2 spiro atoms. The number of aryl methyl sites for hydroxylation is 1. The SMILES string of the molecule is CC1CCC2N(C1)CC1C3C4C=CCC56CC7(CCC(CCc8cccc(O)c8)C7)C(O)CC5C(O)CC(C3CCC1C2(C)O)C46. The van der Waals surface area contributed by atoms with E-state index in [2.05, 4.69) is 37.0 Å². The Labute approximate surface area is 276 Å². The van der Waals surface area contributed by atoms with Crippen LogP contribution in [0.4, 0.5) is 0 Å². The molecule has 16 unspecified atom stereocenters. The number of hydrogen-bond donors (Lipinski definition) is 4. The standard InChI is InChI=1S/C41H59NO4/c1-24-8-13-35-39(2,46)32-12-11-28-30-18-34(44)33-19-36(45)40(16-14-26(20-40)10-9-25-5-3-6-27(43)17-25)23-41(33)15-4-7-29(38(30)41)37(28)31(32)22-42(35)21-24/h3-7,17,24,26,28-38,43-46H,8-16,18-23H2,1-2H3. The van der Waals surface area contributed by atoms with Crippen molar-refractivity contribution in [2.75, 3.05) is 13.1 Å². The minimum Gasteiger partial charge on any atom is -0.508 e. The van der Waals surface area contributed by atoms with E-state index in [1.165, 1.54) is 24.8 Å². The Hall–Kier alpha value is -1.40. The lowest BCUT2D eigenvalue weighted by atomic mass is 9.42. The monoisotopic (exact) mass is 629 g/mol. The second kappa shape index (κ2) is 10.8. The van der Waals surface area contributed by atoms with E-state index >= 15 is 0 Å². The third-order valence-corrected chi connectivity index (χ3v) is 16.6. The van der Waals surface area contributed by atoms with E-state index in [9.17, 15) is 20.4 Å². The van der Waals surface area contributed by atoms with Crippen molar-refractivity contribution in [3.05, 3.63) is 42.0 Å². The van der Waals surface area contributed by atoms with Gasteiger partial charge in [0.05, 0.1) is 17.8 Å². The van der Waals surface area contributed by atoms with Crippen LogP contribution in [-0.4, -0.2) is 62.3 Å². The molecule has 0 aromatic heterocycles. The molecule has 1 aromatic carbocycles. The summed E-state index contributed by atoms with van der Waals surface area (Å²) in [6, 6.07) is 8.05. The highest BCUT2D eigenvalue weighted by Gasteiger charge is 2.71. The third-order valence-electron chi connectivity index (χ3n) is 16.6. The van der Waals surface area contributed by atoms with Crippen molar-refractivity contribution in [2.24, 2.45) is 70.0 Å². The van der Waals surface area contributed by atoms with Gasteiger partial charge in [-0.15, -0.1) is 0 Å². The number of rotatable bonds is 3. The highest BCUT2D eigenvalue weighted by Crippen LogP contribution is 2.74. The lowest BCUT2D eigenvalue weighted by Gasteiger charge is -2.63. The fourth-order valence-electron chi connectivity index (χ4n) is 15.1. The van der Waals surface area contributed by atoms with Crippen molar-refractivity contribution < 1.29 is 20.4 Å². The average molecular weight is 630 g/mol. The number of benzene rings is 1.